The van der Waals surface area contributed by atoms with Crippen LogP contribution in [0.5, 0.6) is 0 Å². The van der Waals surface area contributed by atoms with Crippen molar-refractivity contribution in [2.75, 3.05) is 0 Å². The first-order valence-electron chi connectivity index (χ1n) is 14.9. The number of rotatable bonds is 3. The molecule has 7 unspecified atom stereocenters. The summed E-state index contributed by atoms with van der Waals surface area (Å²) in [6.07, 6.45) is 3.99. The molecule has 0 heteroatoms. The molecular formula is C34H66. The molecule has 0 aromatic heterocycles. The van der Waals surface area contributed by atoms with Crippen molar-refractivity contribution in [2.24, 2.45) is 73.4 Å². The fourth-order valence-corrected chi connectivity index (χ4v) is 9.80. The van der Waals surface area contributed by atoms with Crippen molar-refractivity contribution in [2.45, 2.75) is 144 Å². The molecule has 0 aromatic rings. The van der Waals surface area contributed by atoms with Crippen LogP contribution in [0.3, 0.4) is 0 Å². The highest BCUT2D eigenvalue weighted by Gasteiger charge is 2.66. The van der Waals surface area contributed by atoms with Gasteiger partial charge in [-0.05, 0) is 92.7 Å². The largest absolute Gasteiger partial charge is 0.0628 e. The Hall–Kier alpha value is 0. The highest BCUT2D eigenvalue weighted by molar-refractivity contribution is 5.15. The van der Waals surface area contributed by atoms with E-state index in [9.17, 15) is 0 Å². The van der Waals surface area contributed by atoms with Crippen LogP contribution < -0.4 is 0 Å². The third kappa shape index (κ3) is 3.88. The van der Waals surface area contributed by atoms with Crippen LogP contribution in [0.4, 0.5) is 0 Å². The van der Waals surface area contributed by atoms with Crippen molar-refractivity contribution in [1.29, 1.82) is 0 Å². The molecule has 202 valence electrons. The Labute approximate surface area is 217 Å². The number of hydrogen-bond acceptors (Lipinski definition) is 0. The molecule has 34 heavy (non-hydrogen) atoms. The zero-order chi connectivity index (χ0) is 27.1. The minimum Gasteiger partial charge on any atom is -0.0628 e. The molecule has 2 aliphatic carbocycles. The van der Waals surface area contributed by atoms with E-state index < -0.39 is 0 Å². The summed E-state index contributed by atoms with van der Waals surface area (Å²) in [5.41, 5.74) is 1.80. The second-order valence-electron chi connectivity index (χ2n) is 17.4. The van der Waals surface area contributed by atoms with Crippen LogP contribution in [-0.4, -0.2) is 0 Å². The van der Waals surface area contributed by atoms with E-state index in [1.165, 1.54) is 19.3 Å². The SMILES string of the molecule is CC(C)CC(C)C1(C)CC(C)(C)C(C)(C)C(C)C2(C)CC(C(C)C2C)C(C)(C)C(C)(C)C1(C)C. The Balaban J connectivity index is 2.93. The lowest BCUT2D eigenvalue weighted by Crippen LogP contribution is -2.59. The van der Waals surface area contributed by atoms with E-state index in [0.29, 0.717) is 17.3 Å². The molecule has 0 nitrogen and oxygen atoms in total. The fourth-order valence-electron chi connectivity index (χ4n) is 9.80. The Kier molecular flexibility index (Phi) is 7.57. The standard InChI is InChI=1S/C34H66/c1-22(2)19-23(3)34(18)21-28(7,8)29(9,10)26(6)33(17)20-27(24(4)25(33)5)30(11,12)31(13,14)32(34,15)16/h22-27H,19-21H2,1-18H3. The van der Waals surface area contributed by atoms with Crippen molar-refractivity contribution >= 4 is 0 Å². The van der Waals surface area contributed by atoms with Crippen LogP contribution in [0.1, 0.15) is 144 Å². The molecule has 0 aromatic carbocycles. The third-order valence-electron chi connectivity index (χ3n) is 15.2. The quantitative estimate of drug-likeness (QED) is 0.381. The van der Waals surface area contributed by atoms with E-state index in [1.807, 2.05) is 0 Å². The Morgan fingerprint density at radius 2 is 1.15 bits per heavy atom. The van der Waals surface area contributed by atoms with Gasteiger partial charge in [0.1, 0.15) is 0 Å². The first-order valence-corrected chi connectivity index (χ1v) is 14.9. The molecule has 0 amide bonds. The van der Waals surface area contributed by atoms with E-state index in [0.717, 1.165) is 23.7 Å². The van der Waals surface area contributed by atoms with Gasteiger partial charge in [-0.25, -0.2) is 0 Å². The predicted octanol–water partition coefficient (Wildman–Crippen LogP) is 11.1. The second kappa shape index (κ2) is 8.51. The fraction of sp³-hybridized carbons (Fsp3) is 1.00. The summed E-state index contributed by atoms with van der Waals surface area (Å²) in [5.74, 6) is 4.38. The predicted molar refractivity (Wildman–Crippen MR) is 154 cm³/mol. The average Bonchev–Trinajstić information content (AvgIpc) is 2.90. The lowest BCUT2D eigenvalue weighted by atomic mass is 9.39. The highest BCUT2D eigenvalue weighted by Crippen LogP contribution is 2.73. The van der Waals surface area contributed by atoms with Crippen LogP contribution in [0.25, 0.3) is 0 Å². The van der Waals surface area contributed by atoms with Crippen LogP contribution >= 0.6 is 0 Å². The van der Waals surface area contributed by atoms with Gasteiger partial charge in [0.05, 0.1) is 0 Å². The monoisotopic (exact) mass is 475 g/mol. The normalized spacial score (nSPS) is 43.9. The van der Waals surface area contributed by atoms with Gasteiger partial charge in [0.25, 0.3) is 0 Å². The minimum absolute atomic E-state index is 0.195. The van der Waals surface area contributed by atoms with Crippen LogP contribution in [0.2, 0.25) is 0 Å². The molecule has 0 aliphatic heterocycles. The summed E-state index contributed by atoms with van der Waals surface area (Å²) < 4.78 is 0. The molecule has 0 N–H and O–H groups in total. The Bertz CT molecular complexity index is 731. The van der Waals surface area contributed by atoms with Crippen molar-refractivity contribution in [3.05, 3.63) is 0 Å². The van der Waals surface area contributed by atoms with E-state index in [1.54, 1.807) is 0 Å². The molecule has 0 saturated heterocycles. The highest BCUT2D eigenvalue weighted by atomic mass is 14.7. The van der Waals surface area contributed by atoms with E-state index >= 15 is 0 Å². The summed E-state index contributed by atoms with van der Waals surface area (Å²) in [6.45, 7) is 47.1. The molecule has 7 atom stereocenters. The second-order valence-corrected chi connectivity index (χ2v) is 17.4. The van der Waals surface area contributed by atoms with Crippen molar-refractivity contribution in [1.82, 2.24) is 0 Å². The zero-order valence-electron chi connectivity index (χ0n) is 27.1. The van der Waals surface area contributed by atoms with Gasteiger partial charge < -0.3 is 0 Å². The van der Waals surface area contributed by atoms with Crippen molar-refractivity contribution in [3.63, 3.8) is 0 Å². The van der Waals surface area contributed by atoms with Gasteiger partial charge in [-0.2, -0.15) is 0 Å². The maximum atomic E-state index is 2.70. The molecule has 2 saturated carbocycles. The Morgan fingerprint density at radius 1 is 0.676 bits per heavy atom. The van der Waals surface area contributed by atoms with Crippen LogP contribution in [0.15, 0.2) is 0 Å². The van der Waals surface area contributed by atoms with Gasteiger partial charge in [0.15, 0.2) is 0 Å². The third-order valence-corrected chi connectivity index (χ3v) is 15.2. The van der Waals surface area contributed by atoms with Gasteiger partial charge in [-0.3, -0.25) is 0 Å². The number of fused-ring (bicyclic) bond motifs is 2. The molecule has 0 spiro atoms. The maximum absolute atomic E-state index is 2.70. The first-order chi connectivity index (χ1) is 14.9. The zero-order valence-corrected chi connectivity index (χ0v) is 27.1. The maximum Gasteiger partial charge on any atom is -0.0238 e. The van der Waals surface area contributed by atoms with Crippen LogP contribution in [-0.2, 0) is 0 Å². The minimum atomic E-state index is 0.195. The lowest BCUT2D eigenvalue weighted by molar-refractivity contribution is -0.170. The van der Waals surface area contributed by atoms with E-state index in [4.69, 9.17) is 0 Å². The van der Waals surface area contributed by atoms with Crippen LogP contribution in [0, 0.1) is 73.4 Å². The Morgan fingerprint density at radius 3 is 1.59 bits per heavy atom. The van der Waals surface area contributed by atoms with Gasteiger partial charge in [0.2, 0.25) is 0 Å². The first kappa shape index (κ1) is 30.2. The summed E-state index contributed by atoms with van der Waals surface area (Å²) in [4.78, 5) is 0. The molecule has 2 bridgehead atoms. The van der Waals surface area contributed by atoms with E-state index in [2.05, 4.69) is 125 Å². The van der Waals surface area contributed by atoms with Gasteiger partial charge in [0, 0.05) is 0 Å². The molecule has 2 rings (SSSR count). The summed E-state index contributed by atoms with van der Waals surface area (Å²) in [6, 6.07) is 0. The summed E-state index contributed by atoms with van der Waals surface area (Å²) >= 11 is 0. The van der Waals surface area contributed by atoms with Gasteiger partial charge >= 0.3 is 0 Å². The summed E-state index contributed by atoms with van der Waals surface area (Å²) in [7, 11) is 0. The summed E-state index contributed by atoms with van der Waals surface area (Å²) in [5, 5.41) is 0. The van der Waals surface area contributed by atoms with E-state index in [-0.39, 0.29) is 32.5 Å². The average molecular weight is 475 g/mol. The lowest BCUT2D eigenvalue weighted by Gasteiger charge is -2.65. The number of hydrogen-bond donors (Lipinski definition) is 0. The molecule has 0 heterocycles. The van der Waals surface area contributed by atoms with Crippen molar-refractivity contribution in [3.8, 4) is 0 Å². The van der Waals surface area contributed by atoms with Gasteiger partial charge in [-0.15, -0.1) is 0 Å². The topological polar surface area (TPSA) is 0 Å². The molecule has 0 radical (unpaired) electrons. The smallest absolute Gasteiger partial charge is 0.0238 e. The molecule has 2 fully saturated rings. The molecule has 2 aliphatic rings. The van der Waals surface area contributed by atoms with Crippen molar-refractivity contribution < 1.29 is 0 Å². The molecular weight excluding hydrogens is 408 g/mol. The van der Waals surface area contributed by atoms with Gasteiger partial charge in [-0.1, -0.05) is 125 Å².